The second-order valence-corrected chi connectivity index (χ2v) is 4.16. The van der Waals surface area contributed by atoms with Crippen LogP contribution in [0.25, 0.3) is 22.6 Å². The Morgan fingerprint density at radius 1 is 1.25 bits per heavy atom. The summed E-state index contributed by atoms with van der Waals surface area (Å²) in [6, 6.07) is 12.9. The van der Waals surface area contributed by atoms with E-state index in [2.05, 4.69) is 10.3 Å². The first-order valence-electron chi connectivity index (χ1n) is 6.06. The molecule has 1 N–H and O–H groups in total. The van der Waals surface area contributed by atoms with Crippen LogP contribution in [0.1, 0.15) is 0 Å². The smallest absolute Gasteiger partial charge is 0.227 e. The fourth-order valence-corrected chi connectivity index (χ4v) is 2.01. The molecule has 0 atom stereocenters. The Labute approximate surface area is 115 Å². The molecule has 0 aliphatic rings. The Morgan fingerprint density at radius 2 is 2.10 bits per heavy atom. The van der Waals surface area contributed by atoms with Gasteiger partial charge in [-0.05, 0) is 30.3 Å². The minimum Gasteiger partial charge on any atom is -0.495 e. The molecule has 0 unspecified atom stereocenters. The van der Waals surface area contributed by atoms with E-state index in [-0.39, 0.29) is 0 Å². The Bertz CT molecular complexity index is 732. The first kappa shape index (κ1) is 12.2. The number of amides is 1. The lowest BCUT2D eigenvalue weighted by Gasteiger charge is -2.07. The number of carbonyl (C=O) groups excluding carboxylic acids is 1. The molecule has 0 saturated carbocycles. The summed E-state index contributed by atoms with van der Waals surface area (Å²) >= 11 is 0. The standard InChI is InChI=1S/C15H12N2O3/c1-19-13-7-6-10(8-12(13)16-9-18)15-17-11-4-2-3-5-14(11)20-15/h2-9H,1H3,(H,16,18). The summed E-state index contributed by atoms with van der Waals surface area (Å²) in [6.45, 7) is 0. The zero-order chi connectivity index (χ0) is 13.9. The molecule has 1 heterocycles. The minimum atomic E-state index is 0.503. The zero-order valence-electron chi connectivity index (χ0n) is 10.8. The largest absolute Gasteiger partial charge is 0.495 e. The molecule has 100 valence electrons. The summed E-state index contributed by atoms with van der Waals surface area (Å²) in [5.41, 5.74) is 2.86. The van der Waals surface area contributed by atoms with E-state index in [9.17, 15) is 4.79 Å². The summed E-state index contributed by atoms with van der Waals surface area (Å²) in [5.74, 6) is 1.08. The van der Waals surface area contributed by atoms with Crippen LogP contribution in [0.2, 0.25) is 0 Å². The van der Waals surface area contributed by atoms with Crippen LogP contribution in [0.15, 0.2) is 46.9 Å². The van der Waals surface area contributed by atoms with E-state index in [0.29, 0.717) is 23.7 Å². The maximum absolute atomic E-state index is 10.6. The lowest BCUT2D eigenvalue weighted by Crippen LogP contribution is -1.97. The quantitative estimate of drug-likeness (QED) is 0.738. The zero-order valence-corrected chi connectivity index (χ0v) is 10.8. The number of carbonyl (C=O) groups is 1. The van der Waals surface area contributed by atoms with Crippen molar-refractivity contribution in [1.82, 2.24) is 4.98 Å². The topological polar surface area (TPSA) is 64.4 Å². The number of oxazole rings is 1. The van der Waals surface area contributed by atoms with Gasteiger partial charge in [-0.3, -0.25) is 4.79 Å². The monoisotopic (exact) mass is 268 g/mol. The van der Waals surface area contributed by atoms with E-state index in [1.54, 1.807) is 19.2 Å². The number of nitrogens with zero attached hydrogens (tertiary/aromatic N) is 1. The van der Waals surface area contributed by atoms with Gasteiger partial charge < -0.3 is 14.5 Å². The Balaban J connectivity index is 2.08. The van der Waals surface area contributed by atoms with Crippen LogP contribution >= 0.6 is 0 Å². The van der Waals surface area contributed by atoms with Crippen LogP contribution in [0.5, 0.6) is 5.75 Å². The van der Waals surface area contributed by atoms with E-state index in [1.807, 2.05) is 30.3 Å². The van der Waals surface area contributed by atoms with Crippen molar-refractivity contribution in [2.24, 2.45) is 0 Å². The van der Waals surface area contributed by atoms with Gasteiger partial charge in [-0.1, -0.05) is 12.1 Å². The van der Waals surface area contributed by atoms with Gasteiger partial charge in [0.25, 0.3) is 0 Å². The third-order valence-electron chi connectivity index (χ3n) is 2.95. The number of nitrogens with one attached hydrogen (secondary N) is 1. The molecule has 2 aromatic carbocycles. The van der Waals surface area contributed by atoms with Crippen molar-refractivity contribution >= 4 is 23.2 Å². The van der Waals surface area contributed by atoms with Gasteiger partial charge in [-0.15, -0.1) is 0 Å². The van der Waals surface area contributed by atoms with Gasteiger partial charge in [0, 0.05) is 5.56 Å². The number of anilines is 1. The molecule has 0 fully saturated rings. The summed E-state index contributed by atoms with van der Waals surface area (Å²) in [7, 11) is 1.55. The van der Waals surface area contributed by atoms with E-state index in [4.69, 9.17) is 9.15 Å². The number of ether oxygens (including phenoxy) is 1. The van der Waals surface area contributed by atoms with Gasteiger partial charge in [0.1, 0.15) is 11.3 Å². The predicted octanol–water partition coefficient (Wildman–Crippen LogP) is 3.07. The number of hydrogen-bond acceptors (Lipinski definition) is 4. The molecule has 5 heteroatoms. The summed E-state index contributed by atoms with van der Waals surface area (Å²) in [4.78, 5) is 15.0. The fourth-order valence-electron chi connectivity index (χ4n) is 2.01. The van der Waals surface area contributed by atoms with E-state index in [1.165, 1.54) is 0 Å². The summed E-state index contributed by atoms with van der Waals surface area (Å²) in [6.07, 6.45) is 0.605. The van der Waals surface area contributed by atoms with Crippen molar-refractivity contribution < 1.29 is 13.9 Å². The molecular formula is C15H12N2O3. The highest BCUT2D eigenvalue weighted by molar-refractivity contribution is 5.80. The maximum atomic E-state index is 10.6. The van der Waals surface area contributed by atoms with Crippen molar-refractivity contribution in [3.63, 3.8) is 0 Å². The lowest BCUT2D eigenvalue weighted by molar-refractivity contribution is -0.105. The molecule has 3 rings (SSSR count). The first-order chi connectivity index (χ1) is 9.81. The van der Waals surface area contributed by atoms with E-state index >= 15 is 0 Å². The van der Waals surface area contributed by atoms with Gasteiger partial charge in [0.2, 0.25) is 12.3 Å². The number of fused-ring (bicyclic) bond motifs is 1. The minimum absolute atomic E-state index is 0.503. The molecular weight excluding hydrogens is 256 g/mol. The van der Waals surface area contributed by atoms with Gasteiger partial charge in [0.05, 0.1) is 12.8 Å². The number of methoxy groups -OCH3 is 1. The molecule has 0 aliphatic heterocycles. The Hall–Kier alpha value is -2.82. The van der Waals surface area contributed by atoms with Gasteiger partial charge in [0.15, 0.2) is 5.58 Å². The third-order valence-corrected chi connectivity index (χ3v) is 2.95. The van der Waals surface area contributed by atoms with Crippen molar-refractivity contribution in [2.45, 2.75) is 0 Å². The number of para-hydroxylation sites is 2. The third kappa shape index (κ3) is 2.09. The van der Waals surface area contributed by atoms with Gasteiger partial charge >= 0.3 is 0 Å². The van der Waals surface area contributed by atoms with Crippen LogP contribution < -0.4 is 10.1 Å². The number of rotatable bonds is 4. The number of aromatic nitrogens is 1. The lowest BCUT2D eigenvalue weighted by atomic mass is 10.2. The SMILES string of the molecule is COc1ccc(-c2nc3ccccc3o2)cc1NC=O. The van der Waals surface area contributed by atoms with Gasteiger partial charge in [-0.2, -0.15) is 0 Å². The molecule has 1 amide bonds. The maximum Gasteiger partial charge on any atom is 0.227 e. The molecule has 5 nitrogen and oxygen atoms in total. The number of hydrogen-bond donors (Lipinski definition) is 1. The van der Waals surface area contributed by atoms with Crippen molar-refractivity contribution in [3.8, 4) is 17.2 Å². The molecule has 1 aromatic heterocycles. The highest BCUT2D eigenvalue weighted by atomic mass is 16.5. The second kappa shape index (κ2) is 5.05. The molecule has 0 spiro atoms. The molecule has 0 radical (unpaired) electrons. The average molecular weight is 268 g/mol. The second-order valence-electron chi connectivity index (χ2n) is 4.16. The van der Waals surface area contributed by atoms with Crippen LogP contribution in [0, 0.1) is 0 Å². The van der Waals surface area contributed by atoms with Crippen LogP contribution in [0.3, 0.4) is 0 Å². The van der Waals surface area contributed by atoms with E-state index < -0.39 is 0 Å². The average Bonchev–Trinajstić information content (AvgIpc) is 2.91. The highest BCUT2D eigenvalue weighted by Crippen LogP contribution is 2.31. The predicted molar refractivity (Wildman–Crippen MR) is 75.7 cm³/mol. The normalized spacial score (nSPS) is 10.4. The van der Waals surface area contributed by atoms with Crippen molar-refractivity contribution in [2.75, 3.05) is 12.4 Å². The molecule has 20 heavy (non-hydrogen) atoms. The van der Waals surface area contributed by atoms with Gasteiger partial charge in [-0.25, -0.2) is 4.98 Å². The highest BCUT2D eigenvalue weighted by Gasteiger charge is 2.10. The van der Waals surface area contributed by atoms with E-state index in [0.717, 1.165) is 16.7 Å². The number of benzene rings is 2. The van der Waals surface area contributed by atoms with Crippen LogP contribution in [-0.4, -0.2) is 18.5 Å². The van der Waals surface area contributed by atoms with Crippen molar-refractivity contribution in [1.29, 1.82) is 0 Å². The first-order valence-corrected chi connectivity index (χ1v) is 6.06. The molecule has 3 aromatic rings. The van der Waals surface area contributed by atoms with Crippen LogP contribution in [-0.2, 0) is 4.79 Å². The summed E-state index contributed by atoms with van der Waals surface area (Å²) in [5, 5.41) is 2.60. The van der Waals surface area contributed by atoms with Crippen molar-refractivity contribution in [3.05, 3.63) is 42.5 Å². The Morgan fingerprint density at radius 3 is 2.85 bits per heavy atom. The summed E-state index contributed by atoms with van der Waals surface area (Å²) < 4.78 is 10.9. The van der Waals surface area contributed by atoms with Crippen LogP contribution in [0.4, 0.5) is 5.69 Å². The Kier molecular flexibility index (Phi) is 3.09. The molecule has 0 aliphatic carbocycles. The molecule has 0 saturated heterocycles. The molecule has 0 bridgehead atoms. The fraction of sp³-hybridized carbons (Fsp3) is 0.0667.